The zero-order valence-electron chi connectivity index (χ0n) is 9.39. The van der Waals surface area contributed by atoms with E-state index in [1.54, 1.807) is 11.3 Å². The summed E-state index contributed by atoms with van der Waals surface area (Å²) in [5.74, 6) is 0.768. The van der Waals surface area contributed by atoms with Crippen molar-refractivity contribution in [2.24, 2.45) is 17.1 Å². The molecule has 0 aromatic carbocycles. The quantitative estimate of drug-likeness (QED) is 0.870. The molecule has 0 spiro atoms. The Morgan fingerprint density at radius 2 is 2.44 bits per heavy atom. The van der Waals surface area contributed by atoms with Gasteiger partial charge in [0.25, 0.3) is 0 Å². The lowest BCUT2D eigenvalue weighted by Gasteiger charge is -2.32. The summed E-state index contributed by atoms with van der Waals surface area (Å²) < 4.78 is 5.93. The molecule has 1 saturated carbocycles. The molecule has 2 fully saturated rings. The Hall–Kier alpha value is -0.450. The summed E-state index contributed by atoms with van der Waals surface area (Å²) in [6.07, 6.45) is 5.13. The Morgan fingerprint density at radius 3 is 3.06 bits per heavy atom. The van der Waals surface area contributed by atoms with Crippen molar-refractivity contribution in [2.75, 3.05) is 13.2 Å². The lowest BCUT2D eigenvalue weighted by Crippen LogP contribution is -2.41. The highest BCUT2D eigenvalue weighted by Gasteiger charge is 2.50. The lowest BCUT2D eigenvalue weighted by atomic mass is 9.75. The van der Waals surface area contributed by atoms with E-state index in [1.807, 2.05) is 5.51 Å². The molecule has 1 aromatic heterocycles. The second-order valence-electron chi connectivity index (χ2n) is 5.10. The molecule has 1 aromatic rings. The SMILES string of the molecule is NCC1(Cc2cscn2)CCOC1C1CC1. The smallest absolute Gasteiger partial charge is 0.0794 e. The van der Waals surface area contributed by atoms with Crippen LogP contribution in [0.3, 0.4) is 0 Å². The third kappa shape index (κ3) is 1.79. The molecule has 2 atom stereocenters. The Bertz CT molecular complexity index is 350. The van der Waals surface area contributed by atoms with Crippen LogP contribution in [0.25, 0.3) is 0 Å². The number of rotatable bonds is 4. The van der Waals surface area contributed by atoms with Crippen LogP contribution in [0.15, 0.2) is 10.9 Å². The molecule has 2 unspecified atom stereocenters. The number of hydrogen-bond donors (Lipinski definition) is 1. The predicted molar refractivity (Wildman–Crippen MR) is 64.4 cm³/mol. The second kappa shape index (κ2) is 4.09. The van der Waals surface area contributed by atoms with Gasteiger partial charge in [-0.25, -0.2) is 4.98 Å². The van der Waals surface area contributed by atoms with Crippen LogP contribution in [-0.4, -0.2) is 24.2 Å². The number of hydrogen-bond acceptors (Lipinski definition) is 4. The molecule has 3 nitrogen and oxygen atoms in total. The number of ether oxygens (including phenoxy) is 1. The van der Waals surface area contributed by atoms with Gasteiger partial charge < -0.3 is 10.5 Å². The normalized spacial score (nSPS) is 34.4. The molecular formula is C12H18N2OS. The number of aromatic nitrogens is 1. The van der Waals surface area contributed by atoms with E-state index in [-0.39, 0.29) is 5.41 Å². The monoisotopic (exact) mass is 238 g/mol. The maximum Gasteiger partial charge on any atom is 0.0794 e. The van der Waals surface area contributed by atoms with E-state index < -0.39 is 0 Å². The van der Waals surface area contributed by atoms with Crippen LogP contribution in [-0.2, 0) is 11.2 Å². The van der Waals surface area contributed by atoms with Crippen LogP contribution in [0.4, 0.5) is 0 Å². The van der Waals surface area contributed by atoms with E-state index in [2.05, 4.69) is 10.4 Å². The van der Waals surface area contributed by atoms with E-state index in [9.17, 15) is 0 Å². The fourth-order valence-electron chi connectivity index (χ4n) is 2.91. The van der Waals surface area contributed by atoms with Crippen LogP contribution >= 0.6 is 11.3 Å². The summed E-state index contributed by atoms with van der Waals surface area (Å²) in [6.45, 7) is 1.61. The molecule has 2 heterocycles. The molecule has 4 heteroatoms. The first kappa shape index (κ1) is 10.7. The fourth-order valence-corrected chi connectivity index (χ4v) is 3.47. The average molecular weight is 238 g/mol. The van der Waals surface area contributed by atoms with Gasteiger partial charge in [-0.2, -0.15) is 0 Å². The highest BCUT2D eigenvalue weighted by Crippen LogP contribution is 2.48. The summed E-state index contributed by atoms with van der Waals surface area (Å²) in [4.78, 5) is 4.39. The first-order valence-electron chi connectivity index (χ1n) is 6.03. The first-order chi connectivity index (χ1) is 7.84. The van der Waals surface area contributed by atoms with Crippen LogP contribution in [0.5, 0.6) is 0 Å². The van der Waals surface area contributed by atoms with Crippen LogP contribution in [0.2, 0.25) is 0 Å². The highest BCUT2D eigenvalue weighted by molar-refractivity contribution is 7.07. The lowest BCUT2D eigenvalue weighted by molar-refractivity contribution is 0.0341. The van der Waals surface area contributed by atoms with E-state index in [0.717, 1.165) is 31.9 Å². The maximum atomic E-state index is 6.04. The summed E-state index contributed by atoms with van der Waals surface area (Å²) in [6, 6.07) is 0. The van der Waals surface area contributed by atoms with Crippen molar-refractivity contribution in [3.63, 3.8) is 0 Å². The largest absolute Gasteiger partial charge is 0.377 e. The minimum Gasteiger partial charge on any atom is -0.377 e. The van der Waals surface area contributed by atoms with E-state index >= 15 is 0 Å². The zero-order chi connectivity index (χ0) is 11.0. The minimum atomic E-state index is 0.162. The van der Waals surface area contributed by atoms with Crippen LogP contribution in [0.1, 0.15) is 25.0 Å². The molecule has 1 aliphatic heterocycles. The second-order valence-corrected chi connectivity index (χ2v) is 5.82. The summed E-state index contributed by atoms with van der Waals surface area (Å²) >= 11 is 1.66. The molecule has 88 valence electrons. The average Bonchev–Trinajstić information content (AvgIpc) is 2.86. The van der Waals surface area contributed by atoms with Gasteiger partial charge in [-0.1, -0.05) is 0 Å². The minimum absolute atomic E-state index is 0.162. The predicted octanol–water partition coefficient (Wildman–Crippen LogP) is 1.83. The number of nitrogens with zero attached hydrogens (tertiary/aromatic N) is 1. The van der Waals surface area contributed by atoms with Crippen molar-refractivity contribution in [1.29, 1.82) is 0 Å². The Labute approximate surface area is 100 Å². The molecule has 16 heavy (non-hydrogen) atoms. The topological polar surface area (TPSA) is 48.1 Å². The Balaban J connectivity index is 1.80. The highest BCUT2D eigenvalue weighted by atomic mass is 32.1. The van der Waals surface area contributed by atoms with E-state index in [0.29, 0.717) is 6.10 Å². The van der Waals surface area contributed by atoms with Gasteiger partial charge in [0, 0.05) is 23.9 Å². The zero-order valence-corrected chi connectivity index (χ0v) is 10.2. The maximum absolute atomic E-state index is 6.04. The van der Waals surface area contributed by atoms with Gasteiger partial charge in [0.05, 0.1) is 17.3 Å². The molecule has 2 N–H and O–H groups in total. The molecule has 0 bridgehead atoms. The van der Waals surface area contributed by atoms with Crippen LogP contribution in [0, 0.1) is 11.3 Å². The molecule has 1 saturated heterocycles. The van der Waals surface area contributed by atoms with Gasteiger partial charge in [0.15, 0.2) is 0 Å². The summed E-state index contributed by atoms with van der Waals surface area (Å²) in [7, 11) is 0. The van der Waals surface area contributed by atoms with Crippen LogP contribution < -0.4 is 5.73 Å². The summed E-state index contributed by atoms with van der Waals surface area (Å²) in [5.41, 5.74) is 9.29. The van der Waals surface area contributed by atoms with Crippen molar-refractivity contribution in [1.82, 2.24) is 4.98 Å². The van der Waals surface area contributed by atoms with Crippen molar-refractivity contribution in [3.8, 4) is 0 Å². The van der Waals surface area contributed by atoms with Gasteiger partial charge in [-0.15, -0.1) is 11.3 Å². The third-order valence-corrected chi connectivity index (χ3v) is 4.61. The van der Waals surface area contributed by atoms with Crippen molar-refractivity contribution >= 4 is 11.3 Å². The molecule has 3 rings (SSSR count). The molecule has 2 aliphatic rings. The number of nitrogens with two attached hydrogens (primary N) is 1. The first-order valence-corrected chi connectivity index (χ1v) is 6.97. The Kier molecular flexibility index (Phi) is 2.73. The van der Waals surface area contributed by atoms with E-state index in [1.165, 1.54) is 18.5 Å². The van der Waals surface area contributed by atoms with Gasteiger partial charge in [0.2, 0.25) is 0 Å². The molecule has 0 radical (unpaired) electrons. The van der Waals surface area contributed by atoms with Gasteiger partial charge in [0.1, 0.15) is 0 Å². The third-order valence-electron chi connectivity index (χ3n) is 3.97. The molecule has 1 aliphatic carbocycles. The van der Waals surface area contributed by atoms with E-state index in [4.69, 9.17) is 10.5 Å². The standard InChI is InChI=1S/C12H18N2OS/c13-7-12(5-10-6-16-8-14-10)3-4-15-11(12)9-1-2-9/h6,8-9,11H,1-5,7,13H2. The van der Waals surface area contributed by atoms with Gasteiger partial charge in [-0.05, 0) is 31.6 Å². The fraction of sp³-hybridized carbons (Fsp3) is 0.750. The number of thiazole rings is 1. The summed E-state index contributed by atoms with van der Waals surface area (Å²) in [5, 5.41) is 2.14. The Morgan fingerprint density at radius 1 is 1.56 bits per heavy atom. The molecule has 0 amide bonds. The molecular weight excluding hydrogens is 220 g/mol. The van der Waals surface area contributed by atoms with Gasteiger partial charge >= 0.3 is 0 Å². The van der Waals surface area contributed by atoms with Crippen molar-refractivity contribution < 1.29 is 4.74 Å². The van der Waals surface area contributed by atoms with Crippen molar-refractivity contribution in [3.05, 3.63) is 16.6 Å². The van der Waals surface area contributed by atoms with Gasteiger partial charge in [-0.3, -0.25) is 0 Å². The van der Waals surface area contributed by atoms with Crippen molar-refractivity contribution in [2.45, 2.75) is 31.8 Å².